The molecule has 0 fully saturated rings. The second-order valence-electron chi connectivity index (χ2n) is 10.9. The van der Waals surface area contributed by atoms with Gasteiger partial charge in [0, 0.05) is 9.52 Å². The molecule has 0 radical (unpaired) electrons. The van der Waals surface area contributed by atoms with Gasteiger partial charge in [0.1, 0.15) is 0 Å². The number of aryl methyl sites for hydroxylation is 1. The van der Waals surface area contributed by atoms with Gasteiger partial charge in [0.15, 0.2) is 0 Å². The zero-order chi connectivity index (χ0) is 22.9. The zero-order valence-electron chi connectivity index (χ0n) is 23.5. The molecule has 0 heterocycles. The number of rotatable bonds is 19. The summed E-state index contributed by atoms with van der Waals surface area (Å²) in [5, 5.41) is 2.18. The van der Waals surface area contributed by atoms with Crippen LogP contribution in [-0.4, -0.2) is 9.52 Å². The van der Waals surface area contributed by atoms with E-state index in [4.69, 9.17) is 0 Å². The first-order valence-electron chi connectivity index (χ1n) is 14.2. The Balaban J connectivity index is -0.00000272. The monoisotopic (exact) mass is 606 g/mol. The van der Waals surface area contributed by atoms with Gasteiger partial charge in [-0.2, -0.15) is 22.4 Å². The van der Waals surface area contributed by atoms with Crippen LogP contribution < -0.4 is 42.4 Å². The fourth-order valence-electron chi connectivity index (χ4n) is 5.39. The van der Waals surface area contributed by atoms with Crippen molar-refractivity contribution in [3.8, 4) is 0 Å². The van der Waals surface area contributed by atoms with Crippen molar-refractivity contribution in [2.45, 2.75) is 141 Å². The van der Waals surface area contributed by atoms with Crippen LogP contribution in [0.4, 0.5) is 0 Å². The van der Waals surface area contributed by atoms with E-state index < -0.39 is 0 Å². The predicted octanol–water partition coefficient (Wildman–Crippen LogP) is 0.0162. The van der Waals surface area contributed by atoms with E-state index in [9.17, 15) is 0 Å². The largest absolute Gasteiger partial charge is 4.00 e. The number of hydrogen-bond acceptors (Lipinski definition) is 0. The van der Waals surface area contributed by atoms with Crippen molar-refractivity contribution in [2.24, 2.45) is 0 Å². The second kappa shape index (κ2) is 25.9. The SMILES string of the molecule is CCCCCCCCCCCCCCCCCCc1c(C)cc[c-]1[SiH2]C1(C)C=CC=CC1.[Cl-].[Cl-].[Cl-].[Ti+4]. The average Bonchev–Trinajstić information content (AvgIpc) is 3.12. The smallest absolute Gasteiger partial charge is 1.00 e. The second-order valence-corrected chi connectivity index (χ2v) is 13.6. The van der Waals surface area contributed by atoms with Gasteiger partial charge in [-0.15, -0.1) is 0 Å². The third-order valence-electron chi connectivity index (χ3n) is 7.60. The van der Waals surface area contributed by atoms with Gasteiger partial charge in [0.05, 0.1) is 0 Å². The molecule has 2 rings (SSSR count). The summed E-state index contributed by atoms with van der Waals surface area (Å²) < 4.78 is 0. The van der Waals surface area contributed by atoms with Crippen molar-refractivity contribution < 1.29 is 58.9 Å². The molecule has 206 valence electrons. The van der Waals surface area contributed by atoms with Crippen molar-refractivity contribution >= 4 is 14.7 Å². The van der Waals surface area contributed by atoms with E-state index in [1.165, 1.54) is 116 Å². The first-order valence-corrected chi connectivity index (χ1v) is 15.6. The van der Waals surface area contributed by atoms with Crippen molar-refractivity contribution in [3.63, 3.8) is 0 Å². The summed E-state index contributed by atoms with van der Waals surface area (Å²) in [7, 11) is -0.267. The summed E-state index contributed by atoms with van der Waals surface area (Å²) in [5.41, 5.74) is 3.26. The van der Waals surface area contributed by atoms with Gasteiger partial charge in [-0.05, 0) is 11.5 Å². The maximum atomic E-state index is 2.47. The molecule has 0 bridgehead atoms. The number of unbranched alkanes of at least 4 members (excludes halogenated alkanes) is 15. The molecule has 0 aliphatic heterocycles. The Labute approximate surface area is 261 Å². The van der Waals surface area contributed by atoms with E-state index in [0.29, 0.717) is 5.04 Å². The molecule has 0 aromatic heterocycles. The molecule has 5 heteroatoms. The van der Waals surface area contributed by atoms with Gasteiger partial charge in [-0.1, -0.05) is 154 Å². The van der Waals surface area contributed by atoms with Crippen LogP contribution in [0.3, 0.4) is 0 Å². The molecule has 0 amide bonds. The number of halogens is 3. The van der Waals surface area contributed by atoms with Crippen LogP contribution >= 0.6 is 0 Å². The van der Waals surface area contributed by atoms with Crippen LogP contribution in [0.1, 0.15) is 134 Å². The molecule has 0 spiro atoms. The third-order valence-corrected chi connectivity index (χ3v) is 9.98. The minimum Gasteiger partial charge on any atom is -1.00 e. The van der Waals surface area contributed by atoms with Crippen molar-refractivity contribution in [1.82, 2.24) is 0 Å². The van der Waals surface area contributed by atoms with Crippen LogP contribution in [-0.2, 0) is 28.1 Å². The summed E-state index contributed by atoms with van der Waals surface area (Å²) in [5.74, 6) is 0. The van der Waals surface area contributed by atoms with E-state index in [-0.39, 0.29) is 68.5 Å². The molecule has 0 saturated carbocycles. The molecular formula is C31H53Cl3SiTi. The Bertz CT molecular complexity index is 671. The normalized spacial score (nSPS) is 16.3. The van der Waals surface area contributed by atoms with Crippen molar-refractivity contribution in [3.05, 3.63) is 47.6 Å². The first-order chi connectivity index (χ1) is 15.6. The molecule has 0 nitrogen and oxygen atoms in total. The maximum Gasteiger partial charge on any atom is 4.00 e. The number of allylic oxidation sites excluding steroid dienone is 4. The molecule has 1 aromatic rings. The predicted molar refractivity (Wildman–Crippen MR) is 149 cm³/mol. The van der Waals surface area contributed by atoms with E-state index in [2.05, 4.69) is 57.2 Å². The van der Waals surface area contributed by atoms with E-state index in [0.717, 1.165) is 0 Å². The Hall–Kier alpha value is 0.631. The first kappa shape index (κ1) is 41.1. The Morgan fingerprint density at radius 1 is 0.750 bits per heavy atom. The molecule has 0 N–H and O–H groups in total. The third kappa shape index (κ3) is 18.0. The van der Waals surface area contributed by atoms with Gasteiger partial charge < -0.3 is 37.2 Å². The van der Waals surface area contributed by atoms with Crippen LogP contribution in [0.15, 0.2) is 36.4 Å². The van der Waals surface area contributed by atoms with Crippen LogP contribution in [0, 0.1) is 6.92 Å². The van der Waals surface area contributed by atoms with Crippen LogP contribution in [0.5, 0.6) is 0 Å². The number of hydrogen-bond donors (Lipinski definition) is 0. The Morgan fingerprint density at radius 3 is 1.67 bits per heavy atom. The van der Waals surface area contributed by atoms with Crippen molar-refractivity contribution in [2.75, 3.05) is 0 Å². The fourth-order valence-corrected chi connectivity index (χ4v) is 7.73. The van der Waals surface area contributed by atoms with Gasteiger partial charge in [0.2, 0.25) is 0 Å². The summed E-state index contributed by atoms with van der Waals surface area (Å²) >= 11 is 0. The quantitative estimate of drug-likeness (QED) is 0.118. The van der Waals surface area contributed by atoms with Gasteiger partial charge in [-0.25, -0.2) is 6.07 Å². The molecule has 1 aliphatic carbocycles. The molecule has 1 atom stereocenters. The molecule has 1 unspecified atom stereocenters. The molecular weight excluding hydrogens is 555 g/mol. The van der Waals surface area contributed by atoms with Crippen LogP contribution in [0.2, 0.25) is 5.04 Å². The standard InChI is InChI=1S/C31H53Si.3ClH.Ti/c1-4-5-6-7-8-9-10-11-12-13-14-15-16-17-18-20-23-29-28(2)24-25-30(29)32-31(3)26-21-19-22-27-31;;;;/h19,21-22,24-26H,4-18,20,23,27,32H2,1-3H3;3*1H;/q-1;;;;+4/p-3. The Kier molecular flexibility index (Phi) is 29.6. The van der Waals surface area contributed by atoms with E-state index in [1.807, 2.05) is 0 Å². The van der Waals surface area contributed by atoms with Crippen LogP contribution in [0.25, 0.3) is 0 Å². The minimum absolute atomic E-state index is 0. The van der Waals surface area contributed by atoms with Gasteiger partial charge >= 0.3 is 21.7 Å². The van der Waals surface area contributed by atoms with Gasteiger partial charge in [0.25, 0.3) is 0 Å². The van der Waals surface area contributed by atoms with E-state index >= 15 is 0 Å². The maximum absolute atomic E-state index is 2.47. The van der Waals surface area contributed by atoms with Crippen molar-refractivity contribution in [1.29, 1.82) is 0 Å². The zero-order valence-corrected chi connectivity index (χ0v) is 28.8. The average molecular weight is 608 g/mol. The molecule has 1 aromatic carbocycles. The van der Waals surface area contributed by atoms with Gasteiger partial charge in [-0.3, -0.25) is 0 Å². The summed E-state index contributed by atoms with van der Waals surface area (Å²) in [6.45, 7) is 7.11. The molecule has 1 aliphatic rings. The fraction of sp³-hybridized carbons (Fsp3) is 0.710. The topological polar surface area (TPSA) is 0 Å². The minimum atomic E-state index is -0.267. The van der Waals surface area contributed by atoms with E-state index in [1.54, 1.807) is 16.3 Å². The summed E-state index contributed by atoms with van der Waals surface area (Å²) in [6, 6.07) is 4.84. The Morgan fingerprint density at radius 2 is 1.22 bits per heavy atom. The molecule has 36 heavy (non-hydrogen) atoms. The summed E-state index contributed by atoms with van der Waals surface area (Å²) in [4.78, 5) is 0. The summed E-state index contributed by atoms with van der Waals surface area (Å²) in [6.07, 6.45) is 35.1. The molecule has 0 saturated heterocycles.